The van der Waals surface area contributed by atoms with E-state index < -0.39 is 0 Å². The average Bonchev–Trinajstić information content (AvgIpc) is 2.72. The molecule has 0 aliphatic rings. The minimum absolute atomic E-state index is 0.473. The highest BCUT2D eigenvalue weighted by Crippen LogP contribution is 2.29. The highest BCUT2D eigenvalue weighted by atomic mass is 35.5. The number of ether oxygens (including phenoxy) is 1. The second-order valence-electron chi connectivity index (χ2n) is 3.45. The van der Waals surface area contributed by atoms with Crippen LogP contribution in [0.1, 0.15) is 11.9 Å². The van der Waals surface area contributed by atoms with E-state index in [-0.39, 0.29) is 0 Å². The first-order valence-corrected chi connectivity index (χ1v) is 6.91. The van der Waals surface area contributed by atoms with Gasteiger partial charge in [0.25, 0.3) is 5.19 Å². The zero-order valence-electron chi connectivity index (χ0n) is 9.61. The quantitative estimate of drug-likeness (QED) is 0.914. The topological polar surface area (TPSA) is 47.0 Å². The van der Waals surface area contributed by atoms with Crippen molar-refractivity contribution in [3.05, 3.63) is 33.3 Å². The van der Waals surface area contributed by atoms with Crippen LogP contribution in [0.3, 0.4) is 0 Å². The van der Waals surface area contributed by atoms with E-state index in [9.17, 15) is 0 Å². The molecule has 2 aromatic rings. The third kappa shape index (κ3) is 3.81. The van der Waals surface area contributed by atoms with E-state index >= 15 is 0 Å². The van der Waals surface area contributed by atoms with Crippen molar-refractivity contribution in [2.45, 2.75) is 13.5 Å². The van der Waals surface area contributed by atoms with Crippen LogP contribution in [0.25, 0.3) is 0 Å². The fraction of sp³-hybridized carbons (Fsp3) is 0.273. The van der Waals surface area contributed by atoms with E-state index in [1.807, 2.05) is 6.92 Å². The molecule has 0 saturated heterocycles. The molecule has 18 heavy (non-hydrogen) atoms. The van der Waals surface area contributed by atoms with Gasteiger partial charge < -0.3 is 10.1 Å². The fourth-order valence-electron chi connectivity index (χ4n) is 1.27. The van der Waals surface area contributed by atoms with Crippen LogP contribution in [0.4, 0.5) is 0 Å². The van der Waals surface area contributed by atoms with Gasteiger partial charge >= 0.3 is 0 Å². The van der Waals surface area contributed by atoms with Crippen molar-refractivity contribution in [3.63, 3.8) is 0 Å². The Hall–Kier alpha value is -0.880. The van der Waals surface area contributed by atoms with Gasteiger partial charge in [-0.05, 0) is 24.7 Å². The molecule has 1 N–H and O–H groups in total. The summed E-state index contributed by atoms with van der Waals surface area (Å²) in [6.07, 6.45) is 0. The first-order chi connectivity index (χ1) is 8.67. The molecule has 1 heterocycles. The number of aromatic nitrogens is 2. The first kappa shape index (κ1) is 13.5. The Morgan fingerprint density at radius 1 is 1.22 bits per heavy atom. The van der Waals surface area contributed by atoms with Gasteiger partial charge in [-0.25, -0.2) is 0 Å². The summed E-state index contributed by atoms with van der Waals surface area (Å²) in [5.74, 6) is 0.554. The van der Waals surface area contributed by atoms with Crippen molar-refractivity contribution < 1.29 is 4.74 Å². The summed E-state index contributed by atoms with van der Waals surface area (Å²) in [6.45, 7) is 3.61. The van der Waals surface area contributed by atoms with E-state index in [2.05, 4.69) is 15.5 Å². The van der Waals surface area contributed by atoms with Crippen molar-refractivity contribution in [2.24, 2.45) is 0 Å². The van der Waals surface area contributed by atoms with Crippen LogP contribution < -0.4 is 10.1 Å². The highest BCUT2D eigenvalue weighted by Gasteiger charge is 2.07. The van der Waals surface area contributed by atoms with Gasteiger partial charge in [-0.3, -0.25) is 0 Å². The van der Waals surface area contributed by atoms with Crippen LogP contribution in [0, 0.1) is 0 Å². The lowest BCUT2D eigenvalue weighted by atomic mass is 10.3. The van der Waals surface area contributed by atoms with Crippen LogP contribution in [-0.2, 0) is 6.54 Å². The number of hydrogen-bond acceptors (Lipinski definition) is 5. The molecule has 0 fully saturated rings. The van der Waals surface area contributed by atoms with Crippen LogP contribution in [0.5, 0.6) is 10.9 Å². The van der Waals surface area contributed by atoms with Gasteiger partial charge in [0.15, 0.2) is 0 Å². The standard InChI is InChI=1S/C11H11Cl2N3OS/c1-2-14-6-10-15-16-11(18-10)17-9-4-7(12)3-8(13)5-9/h3-5,14H,2,6H2,1H3. The van der Waals surface area contributed by atoms with Crippen molar-refractivity contribution in [3.8, 4) is 10.9 Å². The van der Waals surface area contributed by atoms with Gasteiger partial charge in [0.2, 0.25) is 0 Å². The SMILES string of the molecule is CCNCc1nnc(Oc2cc(Cl)cc(Cl)c2)s1. The molecule has 4 nitrogen and oxygen atoms in total. The molecule has 0 aliphatic carbocycles. The van der Waals surface area contributed by atoms with E-state index in [0.717, 1.165) is 11.6 Å². The molecule has 96 valence electrons. The minimum atomic E-state index is 0.473. The van der Waals surface area contributed by atoms with Gasteiger partial charge in [-0.2, -0.15) is 0 Å². The van der Waals surface area contributed by atoms with Crippen molar-refractivity contribution in [1.82, 2.24) is 15.5 Å². The summed E-state index contributed by atoms with van der Waals surface area (Å²) < 4.78 is 5.55. The number of halogens is 2. The molecule has 0 saturated carbocycles. The molecular weight excluding hydrogens is 293 g/mol. The van der Waals surface area contributed by atoms with Crippen LogP contribution >= 0.6 is 34.5 Å². The molecule has 0 unspecified atom stereocenters. The lowest BCUT2D eigenvalue weighted by molar-refractivity contribution is 0.473. The number of hydrogen-bond donors (Lipinski definition) is 1. The Balaban J connectivity index is 2.06. The summed E-state index contributed by atoms with van der Waals surface area (Å²) in [6, 6.07) is 5.00. The summed E-state index contributed by atoms with van der Waals surface area (Å²) >= 11 is 13.2. The Bertz CT molecular complexity index is 513. The number of nitrogens with one attached hydrogen (secondary N) is 1. The van der Waals surface area contributed by atoms with Gasteiger partial charge in [-0.15, -0.1) is 5.10 Å². The summed E-state index contributed by atoms with van der Waals surface area (Å²) in [4.78, 5) is 0. The summed E-state index contributed by atoms with van der Waals surface area (Å²) in [5.41, 5.74) is 0. The smallest absolute Gasteiger partial charge is 0.299 e. The Morgan fingerprint density at radius 2 is 1.94 bits per heavy atom. The van der Waals surface area contributed by atoms with Crippen LogP contribution in [0.2, 0.25) is 10.0 Å². The molecule has 0 spiro atoms. The molecule has 1 aromatic heterocycles. The molecule has 0 amide bonds. The van der Waals surface area contributed by atoms with Gasteiger partial charge in [0.1, 0.15) is 10.8 Å². The Labute approximate surface area is 119 Å². The Kier molecular flexibility index (Phi) is 4.77. The first-order valence-electron chi connectivity index (χ1n) is 5.34. The van der Waals surface area contributed by atoms with Gasteiger partial charge in [-0.1, -0.05) is 46.6 Å². The lowest BCUT2D eigenvalue weighted by Crippen LogP contribution is -2.11. The lowest BCUT2D eigenvalue weighted by Gasteiger charge is -2.02. The average molecular weight is 304 g/mol. The predicted molar refractivity (Wildman–Crippen MR) is 73.8 cm³/mol. The van der Waals surface area contributed by atoms with Crippen molar-refractivity contribution in [2.75, 3.05) is 6.54 Å². The Morgan fingerprint density at radius 3 is 2.61 bits per heavy atom. The van der Waals surface area contributed by atoms with Crippen molar-refractivity contribution >= 4 is 34.5 Å². The fourth-order valence-corrected chi connectivity index (χ4v) is 2.45. The molecular formula is C11H11Cl2N3OS. The van der Waals surface area contributed by atoms with E-state index in [4.69, 9.17) is 27.9 Å². The molecule has 0 atom stereocenters. The molecule has 7 heteroatoms. The van der Waals surface area contributed by atoms with Gasteiger partial charge in [0.05, 0.1) is 0 Å². The predicted octanol–water partition coefficient (Wildman–Crippen LogP) is 3.75. The van der Waals surface area contributed by atoms with Gasteiger partial charge in [0, 0.05) is 16.6 Å². The third-order valence-electron chi connectivity index (χ3n) is 2.02. The zero-order chi connectivity index (χ0) is 13.0. The maximum absolute atomic E-state index is 5.88. The summed E-state index contributed by atoms with van der Waals surface area (Å²) in [5, 5.41) is 13.5. The van der Waals surface area contributed by atoms with E-state index in [1.165, 1.54) is 11.3 Å². The molecule has 2 rings (SSSR count). The highest BCUT2D eigenvalue weighted by molar-refractivity contribution is 7.13. The number of benzene rings is 1. The minimum Gasteiger partial charge on any atom is -0.430 e. The molecule has 0 radical (unpaired) electrons. The maximum atomic E-state index is 5.88. The zero-order valence-corrected chi connectivity index (χ0v) is 11.9. The van der Waals surface area contributed by atoms with Crippen LogP contribution in [0.15, 0.2) is 18.2 Å². The van der Waals surface area contributed by atoms with E-state index in [1.54, 1.807) is 18.2 Å². The number of nitrogens with zero attached hydrogens (tertiary/aromatic N) is 2. The van der Waals surface area contributed by atoms with E-state index in [0.29, 0.717) is 27.5 Å². The van der Waals surface area contributed by atoms with Crippen molar-refractivity contribution in [1.29, 1.82) is 0 Å². The van der Waals surface area contributed by atoms with Crippen LogP contribution in [-0.4, -0.2) is 16.7 Å². The summed E-state index contributed by atoms with van der Waals surface area (Å²) in [7, 11) is 0. The second kappa shape index (κ2) is 6.33. The molecule has 1 aromatic carbocycles. The maximum Gasteiger partial charge on any atom is 0.299 e. The third-order valence-corrected chi connectivity index (χ3v) is 3.25. The second-order valence-corrected chi connectivity index (χ2v) is 5.35. The normalized spacial score (nSPS) is 10.6. The largest absolute Gasteiger partial charge is 0.430 e. The molecule has 0 aliphatic heterocycles. The molecule has 0 bridgehead atoms. The monoisotopic (exact) mass is 303 g/mol. The number of rotatable bonds is 5.